The van der Waals surface area contributed by atoms with Crippen molar-refractivity contribution in [2.75, 3.05) is 0 Å². The average molecular weight is 689 g/mol. The summed E-state index contributed by atoms with van der Waals surface area (Å²) >= 11 is 0. The summed E-state index contributed by atoms with van der Waals surface area (Å²) in [4.78, 5) is 10.6. The first kappa shape index (κ1) is 32.7. The van der Waals surface area contributed by atoms with Crippen molar-refractivity contribution in [3.8, 4) is 89.5 Å². The lowest BCUT2D eigenvalue weighted by atomic mass is 9.91. The highest BCUT2D eigenvalue weighted by Crippen LogP contribution is 2.39. The lowest BCUT2D eigenvalue weighted by Gasteiger charge is -2.16. The molecule has 0 bridgehead atoms. The highest BCUT2D eigenvalue weighted by molar-refractivity contribution is 5.90. The van der Waals surface area contributed by atoms with Crippen molar-refractivity contribution in [2.45, 2.75) is 0 Å². The third kappa shape index (κ3) is 6.77. The van der Waals surface area contributed by atoms with E-state index in [1.807, 2.05) is 12.1 Å². The number of pyridine rings is 2. The van der Waals surface area contributed by atoms with E-state index >= 15 is 0 Å². The predicted molar refractivity (Wildman–Crippen MR) is 226 cm³/mol. The van der Waals surface area contributed by atoms with Crippen molar-refractivity contribution in [3.05, 3.63) is 218 Å². The molecular weight excluding hydrogens is 653 g/mol. The summed E-state index contributed by atoms with van der Waals surface area (Å²) in [6.07, 6.45) is 0. The maximum Gasteiger partial charge on any atom is 0.0721 e. The van der Waals surface area contributed by atoms with Crippen LogP contribution in [0, 0.1) is 0 Å². The van der Waals surface area contributed by atoms with Gasteiger partial charge in [-0.05, 0) is 74.8 Å². The van der Waals surface area contributed by atoms with Gasteiger partial charge in [-0.1, -0.05) is 188 Å². The molecular formula is C52H36N2. The Morgan fingerprint density at radius 2 is 0.481 bits per heavy atom. The van der Waals surface area contributed by atoms with Crippen molar-refractivity contribution in [2.24, 2.45) is 0 Å². The van der Waals surface area contributed by atoms with Gasteiger partial charge in [0.1, 0.15) is 0 Å². The molecule has 0 amide bonds. The van der Waals surface area contributed by atoms with Crippen molar-refractivity contribution >= 4 is 0 Å². The molecule has 0 unspecified atom stereocenters. The minimum atomic E-state index is 0.937. The molecule has 2 nitrogen and oxygen atoms in total. The van der Waals surface area contributed by atoms with Gasteiger partial charge in [0.25, 0.3) is 0 Å². The summed E-state index contributed by atoms with van der Waals surface area (Å²) in [5.41, 5.74) is 17.2. The molecule has 2 heterocycles. The Hall–Kier alpha value is -7.16. The Kier molecular flexibility index (Phi) is 8.99. The smallest absolute Gasteiger partial charge is 0.0721 e. The third-order valence-corrected chi connectivity index (χ3v) is 9.89. The maximum atomic E-state index is 5.28. The van der Waals surface area contributed by atoms with Crippen LogP contribution in [0.4, 0.5) is 0 Å². The standard InChI is InChI=1S/C52H36N2/c1-5-18-37(19-6-1)43-33-49(39-22-9-3-10-23-39)53-51(35-43)47-30-15-13-28-45(47)41-26-17-27-42(32-41)46-29-14-16-31-48(46)52-36-44(38-20-7-2-8-21-38)34-50(54-52)40-24-11-4-12-25-40/h1-36H. The van der Waals surface area contributed by atoms with Gasteiger partial charge < -0.3 is 0 Å². The van der Waals surface area contributed by atoms with E-state index in [1.165, 1.54) is 0 Å². The van der Waals surface area contributed by atoms with Crippen LogP contribution in [0.5, 0.6) is 0 Å². The van der Waals surface area contributed by atoms with Crippen molar-refractivity contribution in [1.82, 2.24) is 9.97 Å². The zero-order chi connectivity index (χ0) is 36.1. The molecule has 2 heteroatoms. The second-order valence-corrected chi connectivity index (χ2v) is 13.4. The zero-order valence-corrected chi connectivity index (χ0v) is 29.7. The van der Waals surface area contributed by atoms with Crippen molar-refractivity contribution in [1.29, 1.82) is 0 Å². The number of aromatic nitrogens is 2. The first-order chi connectivity index (χ1) is 26.8. The Morgan fingerprint density at radius 3 is 0.870 bits per heavy atom. The molecule has 2 aromatic heterocycles. The summed E-state index contributed by atoms with van der Waals surface area (Å²) in [7, 11) is 0. The number of benzene rings is 7. The molecule has 0 aliphatic rings. The SMILES string of the molecule is c1ccc(-c2cc(-c3ccccc3)nc(-c3ccccc3-c3cccc(-c4ccccc4-c4cc(-c5ccccc5)cc(-c5ccccc5)n4)c3)c2)cc1. The number of hydrogen-bond donors (Lipinski definition) is 0. The van der Waals surface area contributed by atoms with Gasteiger partial charge >= 0.3 is 0 Å². The first-order valence-corrected chi connectivity index (χ1v) is 18.3. The van der Waals surface area contributed by atoms with E-state index in [4.69, 9.17) is 9.97 Å². The molecule has 0 atom stereocenters. The normalized spacial score (nSPS) is 11.0. The second-order valence-electron chi connectivity index (χ2n) is 13.4. The lowest BCUT2D eigenvalue weighted by molar-refractivity contribution is 1.32. The van der Waals surface area contributed by atoms with E-state index < -0.39 is 0 Å². The van der Waals surface area contributed by atoms with Gasteiger partial charge in [0.2, 0.25) is 0 Å². The Morgan fingerprint density at radius 1 is 0.185 bits per heavy atom. The molecule has 0 spiro atoms. The summed E-state index contributed by atoms with van der Waals surface area (Å²) in [6.45, 7) is 0. The van der Waals surface area contributed by atoms with Crippen molar-refractivity contribution in [3.63, 3.8) is 0 Å². The molecule has 0 saturated carbocycles. The predicted octanol–water partition coefficient (Wildman–Crippen LogP) is 13.8. The number of rotatable bonds is 8. The van der Waals surface area contributed by atoms with Crippen LogP contribution in [0.1, 0.15) is 0 Å². The zero-order valence-electron chi connectivity index (χ0n) is 29.7. The monoisotopic (exact) mass is 688 g/mol. The van der Waals surface area contributed by atoms with Crippen LogP contribution in [0.2, 0.25) is 0 Å². The highest BCUT2D eigenvalue weighted by Gasteiger charge is 2.16. The quantitative estimate of drug-likeness (QED) is 0.159. The molecule has 0 aliphatic carbocycles. The van der Waals surface area contributed by atoms with Crippen LogP contribution in [-0.4, -0.2) is 9.97 Å². The van der Waals surface area contributed by atoms with E-state index in [9.17, 15) is 0 Å². The van der Waals surface area contributed by atoms with Gasteiger partial charge in [0.05, 0.1) is 22.8 Å². The Bertz CT molecular complexity index is 2390. The second kappa shape index (κ2) is 14.8. The highest BCUT2D eigenvalue weighted by atomic mass is 14.7. The summed E-state index contributed by atoms with van der Waals surface area (Å²) in [5.74, 6) is 0. The summed E-state index contributed by atoms with van der Waals surface area (Å²) in [5, 5.41) is 0. The van der Waals surface area contributed by atoms with Crippen LogP contribution in [0.15, 0.2) is 218 Å². The lowest BCUT2D eigenvalue weighted by Crippen LogP contribution is -1.94. The van der Waals surface area contributed by atoms with Gasteiger partial charge in [0, 0.05) is 22.3 Å². The molecule has 9 aromatic rings. The first-order valence-electron chi connectivity index (χ1n) is 18.3. The molecule has 7 aromatic carbocycles. The summed E-state index contributed by atoms with van der Waals surface area (Å²) < 4.78 is 0. The van der Waals surface area contributed by atoms with Crippen LogP contribution < -0.4 is 0 Å². The van der Waals surface area contributed by atoms with Gasteiger partial charge in [-0.2, -0.15) is 0 Å². The van der Waals surface area contributed by atoms with E-state index in [-0.39, 0.29) is 0 Å². The van der Waals surface area contributed by atoms with E-state index in [1.54, 1.807) is 0 Å². The van der Waals surface area contributed by atoms with Crippen LogP contribution in [-0.2, 0) is 0 Å². The third-order valence-electron chi connectivity index (χ3n) is 9.89. The molecule has 0 aliphatic heterocycles. The molecule has 0 N–H and O–H groups in total. The molecule has 0 saturated heterocycles. The topological polar surface area (TPSA) is 25.8 Å². The molecule has 254 valence electrons. The fraction of sp³-hybridized carbons (Fsp3) is 0. The minimum Gasteiger partial charge on any atom is -0.248 e. The van der Waals surface area contributed by atoms with Gasteiger partial charge in [-0.15, -0.1) is 0 Å². The average Bonchev–Trinajstić information content (AvgIpc) is 3.27. The number of hydrogen-bond acceptors (Lipinski definition) is 2. The number of nitrogens with zero attached hydrogens (tertiary/aromatic N) is 2. The van der Waals surface area contributed by atoms with E-state index in [0.717, 1.165) is 89.5 Å². The van der Waals surface area contributed by atoms with E-state index in [2.05, 4.69) is 206 Å². The molecule has 54 heavy (non-hydrogen) atoms. The van der Waals surface area contributed by atoms with Crippen LogP contribution in [0.25, 0.3) is 89.5 Å². The van der Waals surface area contributed by atoms with Gasteiger partial charge in [-0.25, -0.2) is 9.97 Å². The van der Waals surface area contributed by atoms with Crippen molar-refractivity contribution < 1.29 is 0 Å². The van der Waals surface area contributed by atoms with Crippen LogP contribution >= 0.6 is 0 Å². The Labute approximate surface area is 316 Å². The Balaban J connectivity index is 1.16. The molecule has 9 rings (SSSR count). The van der Waals surface area contributed by atoms with E-state index in [0.29, 0.717) is 0 Å². The largest absolute Gasteiger partial charge is 0.248 e. The fourth-order valence-electron chi connectivity index (χ4n) is 7.22. The van der Waals surface area contributed by atoms with Gasteiger partial charge in [-0.3, -0.25) is 0 Å². The van der Waals surface area contributed by atoms with Crippen LogP contribution in [0.3, 0.4) is 0 Å². The van der Waals surface area contributed by atoms with Gasteiger partial charge in [0.15, 0.2) is 0 Å². The molecule has 0 radical (unpaired) electrons. The fourth-order valence-corrected chi connectivity index (χ4v) is 7.22. The molecule has 0 fully saturated rings. The minimum absolute atomic E-state index is 0.937. The maximum absolute atomic E-state index is 5.28. The summed E-state index contributed by atoms with van der Waals surface area (Å²) in [6, 6.07) is 76.9.